The van der Waals surface area contributed by atoms with Crippen molar-refractivity contribution in [2.75, 3.05) is 6.54 Å². The molecule has 16 heavy (non-hydrogen) atoms. The molecule has 0 saturated heterocycles. The first-order chi connectivity index (χ1) is 7.58. The summed E-state index contributed by atoms with van der Waals surface area (Å²) >= 11 is 0. The van der Waals surface area contributed by atoms with Crippen molar-refractivity contribution in [3.8, 4) is 0 Å². The van der Waals surface area contributed by atoms with E-state index in [-0.39, 0.29) is 18.2 Å². The maximum absolute atomic E-state index is 11.5. The summed E-state index contributed by atoms with van der Waals surface area (Å²) in [5, 5.41) is 5.64. The predicted octanol–water partition coefficient (Wildman–Crippen LogP) is 1.21. The highest BCUT2D eigenvalue weighted by Crippen LogP contribution is 2.17. The van der Waals surface area contributed by atoms with Gasteiger partial charge in [0.1, 0.15) is 6.42 Å². The molecule has 0 atom stereocenters. The fourth-order valence-electron chi connectivity index (χ4n) is 1.88. The van der Waals surface area contributed by atoms with E-state index in [0.717, 1.165) is 12.8 Å². The van der Waals surface area contributed by atoms with Gasteiger partial charge in [-0.25, -0.2) is 0 Å². The van der Waals surface area contributed by atoms with Crippen LogP contribution in [-0.2, 0) is 9.59 Å². The van der Waals surface area contributed by atoms with Crippen LogP contribution in [0.3, 0.4) is 0 Å². The number of hydrogen-bond acceptors (Lipinski definition) is 2. The van der Waals surface area contributed by atoms with Crippen LogP contribution in [0.2, 0.25) is 0 Å². The van der Waals surface area contributed by atoms with E-state index < -0.39 is 0 Å². The summed E-state index contributed by atoms with van der Waals surface area (Å²) in [6.45, 7) is 4.69. The first-order valence-corrected chi connectivity index (χ1v) is 6.14. The number of hydrogen-bond donors (Lipinski definition) is 2. The highest BCUT2D eigenvalue weighted by atomic mass is 16.2. The zero-order valence-corrected chi connectivity index (χ0v) is 10.2. The van der Waals surface area contributed by atoms with E-state index in [1.807, 2.05) is 13.8 Å². The van der Waals surface area contributed by atoms with Crippen molar-refractivity contribution in [2.45, 2.75) is 52.0 Å². The van der Waals surface area contributed by atoms with Crippen LogP contribution in [0.1, 0.15) is 46.0 Å². The molecule has 0 bridgehead atoms. The first-order valence-electron chi connectivity index (χ1n) is 6.14. The lowest BCUT2D eigenvalue weighted by atomic mass is 10.2. The molecule has 2 N–H and O–H groups in total. The van der Waals surface area contributed by atoms with Gasteiger partial charge >= 0.3 is 0 Å². The van der Waals surface area contributed by atoms with Gasteiger partial charge in [0.05, 0.1) is 0 Å². The topological polar surface area (TPSA) is 58.2 Å². The fraction of sp³-hybridized carbons (Fsp3) is 0.833. The summed E-state index contributed by atoms with van der Waals surface area (Å²) in [7, 11) is 0. The van der Waals surface area contributed by atoms with Gasteiger partial charge in [0.15, 0.2) is 0 Å². The summed E-state index contributed by atoms with van der Waals surface area (Å²) < 4.78 is 0. The second-order valence-corrected chi connectivity index (χ2v) is 4.92. The van der Waals surface area contributed by atoms with Gasteiger partial charge in [-0.05, 0) is 18.8 Å². The number of carbonyl (C=O) groups is 2. The van der Waals surface area contributed by atoms with E-state index in [2.05, 4.69) is 10.6 Å². The molecule has 4 nitrogen and oxygen atoms in total. The van der Waals surface area contributed by atoms with Crippen LogP contribution in [0.5, 0.6) is 0 Å². The van der Waals surface area contributed by atoms with E-state index in [4.69, 9.17) is 0 Å². The summed E-state index contributed by atoms with van der Waals surface area (Å²) in [4.78, 5) is 22.8. The van der Waals surface area contributed by atoms with E-state index in [1.165, 1.54) is 12.8 Å². The van der Waals surface area contributed by atoms with E-state index in [9.17, 15) is 9.59 Å². The highest BCUT2D eigenvalue weighted by Gasteiger charge is 2.18. The summed E-state index contributed by atoms with van der Waals surface area (Å²) in [5.41, 5.74) is 0. The minimum atomic E-state index is -0.177. The molecule has 0 spiro atoms. The van der Waals surface area contributed by atoms with Gasteiger partial charge in [-0.2, -0.15) is 0 Å². The Morgan fingerprint density at radius 1 is 1.19 bits per heavy atom. The van der Waals surface area contributed by atoms with Crippen molar-refractivity contribution in [3.05, 3.63) is 0 Å². The second-order valence-electron chi connectivity index (χ2n) is 4.92. The summed E-state index contributed by atoms with van der Waals surface area (Å²) in [5.74, 6) is 0.0965. The third kappa shape index (κ3) is 5.14. The van der Waals surface area contributed by atoms with Crippen LogP contribution in [-0.4, -0.2) is 24.4 Å². The van der Waals surface area contributed by atoms with Crippen LogP contribution >= 0.6 is 0 Å². The average molecular weight is 226 g/mol. The Morgan fingerprint density at radius 2 is 1.81 bits per heavy atom. The fourth-order valence-corrected chi connectivity index (χ4v) is 1.88. The van der Waals surface area contributed by atoms with E-state index >= 15 is 0 Å². The Labute approximate surface area is 97.2 Å². The molecule has 1 aliphatic rings. The third-order valence-electron chi connectivity index (χ3n) is 2.75. The smallest absolute Gasteiger partial charge is 0.229 e. The molecule has 1 saturated carbocycles. The predicted molar refractivity (Wildman–Crippen MR) is 62.9 cm³/mol. The van der Waals surface area contributed by atoms with Crippen molar-refractivity contribution in [2.24, 2.45) is 5.92 Å². The molecule has 1 fully saturated rings. The molecule has 1 aliphatic carbocycles. The summed E-state index contributed by atoms with van der Waals surface area (Å²) in [6, 6.07) is 0.297. The molecule has 0 aromatic rings. The minimum Gasteiger partial charge on any atom is -0.355 e. The molecule has 0 radical (unpaired) electrons. The molecule has 0 unspecified atom stereocenters. The maximum atomic E-state index is 11.5. The van der Waals surface area contributed by atoms with Crippen LogP contribution in [0.15, 0.2) is 0 Å². The normalized spacial score (nSPS) is 16.4. The summed E-state index contributed by atoms with van der Waals surface area (Å²) in [6.07, 6.45) is 4.44. The molecule has 4 heteroatoms. The van der Waals surface area contributed by atoms with Crippen molar-refractivity contribution >= 4 is 11.8 Å². The van der Waals surface area contributed by atoms with Gasteiger partial charge in [-0.15, -0.1) is 0 Å². The molecule has 0 heterocycles. The molecule has 0 aromatic heterocycles. The Bertz CT molecular complexity index is 245. The Morgan fingerprint density at radius 3 is 2.38 bits per heavy atom. The third-order valence-corrected chi connectivity index (χ3v) is 2.75. The number of nitrogens with one attached hydrogen (secondary N) is 2. The Balaban J connectivity index is 2.15. The van der Waals surface area contributed by atoms with Gasteiger partial charge in [0.2, 0.25) is 11.8 Å². The Hall–Kier alpha value is -1.06. The standard InChI is InChI=1S/C12H22N2O2/c1-9(2)8-13-11(15)7-12(16)14-10-5-3-4-6-10/h9-10H,3-8H2,1-2H3,(H,13,15)(H,14,16). The molecule has 2 amide bonds. The van der Waals surface area contributed by atoms with Gasteiger partial charge in [0.25, 0.3) is 0 Å². The lowest BCUT2D eigenvalue weighted by Crippen LogP contribution is -2.37. The minimum absolute atomic E-state index is 0.0385. The molecule has 92 valence electrons. The van der Waals surface area contributed by atoms with Crippen LogP contribution in [0.4, 0.5) is 0 Å². The molecular weight excluding hydrogens is 204 g/mol. The van der Waals surface area contributed by atoms with Crippen LogP contribution in [0, 0.1) is 5.92 Å². The van der Waals surface area contributed by atoms with Gasteiger partial charge in [-0.1, -0.05) is 26.7 Å². The van der Waals surface area contributed by atoms with E-state index in [0.29, 0.717) is 18.5 Å². The lowest BCUT2D eigenvalue weighted by molar-refractivity contribution is -0.129. The van der Waals surface area contributed by atoms with Crippen molar-refractivity contribution in [3.63, 3.8) is 0 Å². The quantitative estimate of drug-likeness (QED) is 0.692. The lowest BCUT2D eigenvalue weighted by Gasteiger charge is -2.12. The van der Waals surface area contributed by atoms with Gasteiger partial charge < -0.3 is 10.6 Å². The molecule has 0 aliphatic heterocycles. The van der Waals surface area contributed by atoms with Crippen molar-refractivity contribution in [1.82, 2.24) is 10.6 Å². The zero-order valence-electron chi connectivity index (χ0n) is 10.2. The van der Waals surface area contributed by atoms with Crippen LogP contribution < -0.4 is 10.6 Å². The van der Waals surface area contributed by atoms with Crippen LogP contribution in [0.25, 0.3) is 0 Å². The van der Waals surface area contributed by atoms with Crippen molar-refractivity contribution < 1.29 is 9.59 Å². The van der Waals surface area contributed by atoms with Gasteiger partial charge in [-0.3, -0.25) is 9.59 Å². The first kappa shape index (κ1) is 13.0. The molecule has 0 aromatic carbocycles. The molecular formula is C12H22N2O2. The largest absolute Gasteiger partial charge is 0.355 e. The second kappa shape index (κ2) is 6.51. The maximum Gasteiger partial charge on any atom is 0.229 e. The molecule has 1 rings (SSSR count). The zero-order chi connectivity index (χ0) is 12.0. The Kier molecular flexibility index (Phi) is 5.29. The number of rotatable bonds is 5. The van der Waals surface area contributed by atoms with Crippen molar-refractivity contribution in [1.29, 1.82) is 0 Å². The number of amides is 2. The number of carbonyl (C=O) groups excluding carboxylic acids is 2. The monoisotopic (exact) mass is 226 g/mol. The van der Waals surface area contributed by atoms with E-state index in [1.54, 1.807) is 0 Å². The average Bonchev–Trinajstić information content (AvgIpc) is 2.67. The van der Waals surface area contributed by atoms with Gasteiger partial charge in [0, 0.05) is 12.6 Å². The highest BCUT2D eigenvalue weighted by molar-refractivity contribution is 5.96. The SMILES string of the molecule is CC(C)CNC(=O)CC(=O)NC1CCCC1.